The fraction of sp³-hybridized carbons (Fsp3) is 0.455. The second-order valence-corrected chi connectivity index (χ2v) is 6.37. The van der Waals surface area contributed by atoms with Crippen molar-refractivity contribution in [1.29, 1.82) is 0 Å². The Morgan fingerprint density at radius 1 is 1.26 bits per heavy atom. The van der Waals surface area contributed by atoms with E-state index in [1.807, 2.05) is 6.92 Å². The average molecular weight is 376 g/mol. The monoisotopic (exact) mass is 374 g/mol. The summed E-state index contributed by atoms with van der Waals surface area (Å²) in [6.07, 6.45) is 0.980. The highest BCUT2D eigenvalue weighted by Gasteiger charge is 2.18. The summed E-state index contributed by atoms with van der Waals surface area (Å²) in [6.45, 7) is 3.60. The van der Waals surface area contributed by atoms with Crippen molar-refractivity contribution in [3.8, 4) is 0 Å². The third-order valence-electron chi connectivity index (χ3n) is 2.20. The smallest absolute Gasteiger partial charge is 0.243 e. The van der Waals surface area contributed by atoms with E-state index >= 15 is 0 Å². The van der Waals surface area contributed by atoms with Crippen molar-refractivity contribution in [3.05, 3.63) is 28.5 Å². The fourth-order valence-electron chi connectivity index (χ4n) is 1.35. The average Bonchev–Trinajstić information content (AvgIpc) is 2.28. The molecule has 0 aliphatic heterocycles. The van der Waals surface area contributed by atoms with Crippen LogP contribution in [0.5, 0.6) is 0 Å². The van der Waals surface area contributed by atoms with Crippen molar-refractivity contribution in [2.75, 3.05) is 19.6 Å². The fourth-order valence-corrected chi connectivity index (χ4v) is 2.77. The molecule has 0 fully saturated rings. The predicted octanol–water partition coefficient (Wildman–Crippen LogP) is 2.29. The lowest BCUT2D eigenvalue weighted by Crippen LogP contribution is -2.32. The molecule has 4 nitrogen and oxygen atoms in total. The minimum atomic E-state index is -3.78. The number of halogens is 3. The second kappa shape index (κ2) is 8.86. The van der Waals surface area contributed by atoms with Gasteiger partial charge in [-0.2, -0.15) is 0 Å². The van der Waals surface area contributed by atoms with Crippen molar-refractivity contribution >= 4 is 38.4 Å². The van der Waals surface area contributed by atoms with Crippen LogP contribution < -0.4 is 10.0 Å². The van der Waals surface area contributed by atoms with E-state index in [1.54, 1.807) is 0 Å². The van der Waals surface area contributed by atoms with E-state index in [0.717, 1.165) is 19.0 Å². The summed E-state index contributed by atoms with van der Waals surface area (Å²) in [5.41, 5.74) is 0. The molecule has 0 amide bonds. The maximum Gasteiger partial charge on any atom is 0.243 e. The Balaban J connectivity index is 0.00000324. The maximum absolute atomic E-state index is 13.5. The molecular formula is C11H17BrClFN2O2S. The Morgan fingerprint density at radius 3 is 2.53 bits per heavy atom. The van der Waals surface area contributed by atoms with Crippen LogP contribution in [0.15, 0.2) is 27.6 Å². The standard InChI is InChI=1S/C11H16BrFN2O2S.ClH/c1-2-5-14-6-7-15-18(16,17)11-4-3-9(12)8-10(11)13;/h3-4,8,14-15H,2,5-7H2,1H3;1H. The Kier molecular flexibility index (Phi) is 8.76. The van der Waals surface area contributed by atoms with Gasteiger partial charge >= 0.3 is 0 Å². The summed E-state index contributed by atoms with van der Waals surface area (Å²) in [7, 11) is -3.78. The van der Waals surface area contributed by atoms with Gasteiger partial charge in [0.05, 0.1) is 0 Å². The number of sulfonamides is 1. The van der Waals surface area contributed by atoms with Crippen molar-refractivity contribution in [3.63, 3.8) is 0 Å². The summed E-state index contributed by atoms with van der Waals surface area (Å²) in [6, 6.07) is 3.86. The molecule has 8 heteroatoms. The largest absolute Gasteiger partial charge is 0.315 e. The molecule has 0 bridgehead atoms. The maximum atomic E-state index is 13.5. The van der Waals surface area contributed by atoms with Crippen LogP contribution in [0.1, 0.15) is 13.3 Å². The van der Waals surface area contributed by atoms with Crippen LogP contribution in [-0.4, -0.2) is 28.1 Å². The first-order valence-corrected chi connectivity index (χ1v) is 7.90. The summed E-state index contributed by atoms with van der Waals surface area (Å²) in [4.78, 5) is -0.332. The van der Waals surface area contributed by atoms with E-state index in [9.17, 15) is 12.8 Å². The minimum absolute atomic E-state index is 0. The number of hydrogen-bond donors (Lipinski definition) is 2. The van der Waals surface area contributed by atoms with E-state index in [-0.39, 0.29) is 23.8 Å². The highest BCUT2D eigenvalue weighted by molar-refractivity contribution is 9.10. The molecule has 0 spiro atoms. The van der Waals surface area contributed by atoms with Gasteiger partial charge in [0.15, 0.2) is 0 Å². The van der Waals surface area contributed by atoms with E-state index in [4.69, 9.17) is 0 Å². The van der Waals surface area contributed by atoms with Gasteiger partial charge in [-0.25, -0.2) is 17.5 Å². The first kappa shape index (κ1) is 18.8. The molecule has 1 rings (SSSR count). The van der Waals surface area contributed by atoms with Crippen LogP contribution >= 0.6 is 28.3 Å². The summed E-state index contributed by atoms with van der Waals surface area (Å²) >= 11 is 3.08. The van der Waals surface area contributed by atoms with Crippen LogP contribution in [0.4, 0.5) is 4.39 Å². The summed E-state index contributed by atoms with van der Waals surface area (Å²) < 4.78 is 40.0. The molecule has 19 heavy (non-hydrogen) atoms. The zero-order valence-electron chi connectivity index (χ0n) is 10.4. The van der Waals surface area contributed by atoms with Crippen molar-refractivity contribution in [1.82, 2.24) is 10.0 Å². The summed E-state index contributed by atoms with van der Waals surface area (Å²) in [5, 5.41) is 3.05. The number of benzene rings is 1. The van der Waals surface area contributed by atoms with Gasteiger partial charge in [-0.15, -0.1) is 12.4 Å². The molecule has 1 aromatic carbocycles. The van der Waals surface area contributed by atoms with Crippen molar-refractivity contribution < 1.29 is 12.8 Å². The molecule has 0 unspecified atom stereocenters. The molecule has 0 aliphatic rings. The molecular weight excluding hydrogens is 359 g/mol. The highest BCUT2D eigenvalue weighted by Crippen LogP contribution is 2.18. The summed E-state index contributed by atoms with van der Waals surface area (Å²) in [5.74, 6) is -0.765. The van der Waals surface area contributed by atoms with E-state index in [1.165, 1.54) is 12.1 Å². The molecule has 0 saturated heterocycles. The van der Waals surface area contributed by atoms with Crippen LogP contribution in [0.3, 0.4) is 0 Å². The lowest BCUT2D eigenvalue weighted by molar-refractivity contribution is 0.553. The molecule has 0 saturated carbocycles. The van der Waals surface area contributed by atoms with Crippen LogP contribution in [0, 0.1) is 5.82 Å². The molecule has 0 atom stereocenters. The zero-order chi connectivity index (χ0) is 13.6. The normalized spacial score (nSPS) is 11.1. The van der Waals surface area contributed by atoms with Gasteiger partial charge in [-0.1, -0.05) is 22.9 Å². The SMILES string of the molecule is CCCNCCNS(=O)(=O)c1ccc(Br)cc1F.Cl. The Morgan fingerprint density at radius 2 is 1.95 bits per heavy atom. The second-order valence-electron chi connectivity index (χ2n) is 3.72. The van der Waals surface area contributed by atoms with Crippen molar-refractivity contribution in [2.45, 2.75) is 18.2 Å². The van der Waals surface area contributed by atoms with E-state index < -0.39 is 15.8 Å². The molecule has 0 heterocycles. The van der Waals surface area contributed by atoms with Gasteiger partial charge in [0.25, 0.3) is 0 Å². The van der Waals surface area contributed by atoms with E-state index in [2.05, 4.69) is 26.0 Å². The quantitative estimate of drug-likeness (QED) is 0.719. The van der Waals surface area contributed by atoms with Gasteiger partial charge in [0.2, 0.25) is 10.0 Å². The molecule has 0 radical (unpaired) electrons. The number of rotatable bonds is 7. The Bertz CT molecular complexity index is 499. The Labute approximate surface area is 127 Å². The Hall–Kier alpha value is -0.210. The first-order valence-electron chi connectivity index (χ1n) is 5.63. The van der Waals surface area contributed by atoms with E-state index in [0.29, 0.717) is 11.0 Å². The third-order valence-corrected chi connectivity index (χ3v) is 4.19. The number of hydrogen-bond acceptors (Lipinski definition) is 3. The van der Waals surface area contributed by atoms with Crippen LogP contribution in [0.2, 0.25) is 0 Å². The van der Waals surface area contributed by atoms with Gasteiger partial charge in [-0.05, 0) is 31.2 Å². The molecule has 0 aromatic heterocycles. The van der Waals surface area contributed by atoms with Crippen molar-refractivity contribution in [2.24, 2.45) is 0 Å². The van der Waals surface area contributed by atoms with Gasteiger partial charge in [-0.3, -0.25) is 0 Å². The highest BCUT2D eigenvalue weighted by atomic mass is 79.9. The van der Waals surface area contributed by atoms with Crippen LogP contribution in [0.25, 0.3) is 0 Å². The predicted molar refractivity (Wildman–Crippen MR) is 79.7 cm³/mol. The molecule has 1 aromatic rings. The third kappa shape index (κ3) is 6.18. The number of nitrogens with one attached hydrogen (secondary N) is 2. The van der Waals surface area contributed by atoms with Gasteiger partial charge in [0.1, 0.15) is 10.7 Å². The topological polar surface area (TPSA) is 58.2 Å². The first-order chi connectivity index (χ1) is 8.47. The molecule has 2 N–H and O–H groups in total. The van der Waals surface area contributed by atoms with Crippen LogP contribution in [-0.2, 0) is 10.0 Å². The minimum Gasteiger partial charge on any atom is -0.315 e. The van der Waals surface area contributed by atoms with Gasteiger partial charge < -0.3 is 5.32 Å². The zero-order valence-corrected chi connectivity index (χ0v) is 13.7. The lowest BCUT2D eigenvalue weighted by atomic mass is 10.3. The molecule has 0 aliphatic carbocycles. The van der Waals surface area contributed by atoms with Gasteiger partial charge in [0, 0.05) is 17.6 Å². The molecule has 110 valence electrons. The lowest BCUT2D eigenvalue weighted by Gasteiger charge is -2.08.